The number of piperazine rings is 1. The second-order valence-electron chi connectivity index (χ2n) is 7.84. The largest absolute Gasteiger partial charge is 0.339 e. The van der Waals surface area contributed by atoms with Gasteiger partial charge in [-0.1, -0.05) is 32.9 Å². The molecule has 0 spiro atoms. The predicted molar refractivity (Wildman–Crippen MR) is 96.4 cm³/mol. The molecule has 1 saturated heterocycles. The maximum atomic E-state index is 12.9. The van der Waals surface area contributed by atoms with Gasteiger partial charge in [0.1, 0.15) is 5.92 Å². The Morgan fingerprint density at radius 1 is 1.24 bits per heavy atom. The molecule has 1 aromatic rings. The van der Waals surface area contributed by atoms with Crippen molar-refractivity contribution >= 4 is 5.91 Å². The second-order valence-corrected chi connectivity index (χ2v) is 7.84. The number of benzene rings is 1. The first-order valence-corrected chi connectivity index (χ1v) is 8.64. The average molecular weight is 338 g/mol. The van der Waals surface area contributed by atoms with Gasteiger partial charge in [-0.15, -0.1) is 0 Å². The van der Waals surface area contributed by atoms with Crippen molar-refractivity contribution in [1.29, 1.82) is 10.5 Å². The van der Waals surface area contributed by atoms with Crippen LogP contribution < -0.4 is 0 Å². The van der Waals surface area contributed by atoms with Crippen LogP contribution in [0.25, 0.3) is 0 Å². The first-order chi connectivity index (χ1) is 11.8. The molecular weight excluding hydrogens is 312 g/mol. The van der Waals surface area contributed by atoms with Gasteiger partial charge in [-0.3, -0.25) is 9.69 Å². The lowest BCUT2D eigenvalue weighted by atomic mass is 9.84. The fraction of sp³-hybridized carbons (Fsp3) is 0.550. The summed E-state index contributed by atoms with van der Waals surface area (Å²) in [5.74, 6) is -0.772. The molecule has 0 bridgehead atoms. The van der Waals surface area contributed by atoms with E-state index in [0.29, 0.717) is 25.1 Å². The van der Waals surface area contributed by atoms with E-state index in [4.69, 9.17) is 5.26 Å². The van der Waals surface area contributed by atoms with E-state index in [-0.39, 0.29) is 17.4 Å². The van der Waals surface area contributed by atoms with E-state index < -0.39 is 5.92 Å². The Labute approximate surface area is 150 Å². The Kier molecular flexibility index (Phi) is 5.82. The molecule has 0 saturated carbocycles. The number of nitriles is 2. The van der Waals surface area contributed by atoms with Gasteiger partial charge in [0.05, 0.1) is 17.7 Å². The molecular formula is C20H26N4O. The van der Waals surface area contributed by atoms with Gasteiger partial charge in [-0.05, 0) is 36.6 Å². The minimum atomic E-state index is -0.683. The Morgan fingerprint density at radius 2 is 1.88 bits per heavy atom. The van der Waals surface area contributed by atoms with Crippen LogP contribution in [0.1, 0.15) is 31.9 Å². The number of nitrogens with zero attached hydrogens (tertiary/aromatic N) is 4. The van der Waals surface area contributed by atoms with Crippen molar-refractivity contribution in [2.45, 2.75) is 33.2 Å². The summed E-state index contributed by atoms with van der Waals surface area (Å²) in [6.45, 7) is 8.68. The first-order valence-electron chi connectivity index (χ1n) is 8.64. The molecule has 25 heavy (non-hydrogen) atoms. The number of carbonyl (C=O) groups excluding carboxylic acids is 1. The summed E-state index contributed by atoms with van der Waals surface area (Å²) in [6, 6.07) is 11.6. The maximum Gasteiger partial charge on any atom is 0.240 e. The van der Waals surface area contributed by atoms with Crippen LogP contribution in [-0.4, -0.2) is 48.4 Å². The van der Waals surface area contributed by atoms with Crippen molar-refractivity contribution in [3.8, 4) is 12.1 Å². The smallest absolute Gasteiger partial charge is 0.240 e. The number of rotatable bonds is 3. The summed E-state index contributed by atoms with van der Waals surface area (Å²) in [7, 11) is 2.09. The van der Waals surface area contributed by atoms with E-state index in [1.807, 2.05) is 17.0 Å². The molecule has 1 aliphatic rings. The number of carbonyl (C=O) groups is 1. The topological polar surface area (TPSA) is 71.1 Å². The van der Waals surface area contributed by atoms with E-state index in [0.717, 1.165) is 12.1 Å². The Hall–Kier alpha value is -2.37. The van der Waals surface area contributed by atoms with Gasteiger partial charge in [0, 0.05) is 25.7 Å². The Morgan fingerprint density at radius 3 is 2.40 bits per heavy atom. The molecule has 2 atom stereocenters. The number of amides is 1. The van der Waals surface area contributed by atoms with Crippen molar-refractivity contribution < 1.29 is 4.79 Å². The number of hydrogen-bond acceptors (Lipinski definition) is 4. The predicted octanol–water partition coefficient (Wildman–Crippen LogP) is 2.43. The van der Waals surface area contributed by atoms with Crippen molar-refractivity contribution in [1.82, 2.24) is 9.80 Å². The van der Waals surface area contributed by atoms with Gasteiger partial charge in [0.25, 0.3) is 0 Å². The van der Waals surface area contributed by atoms with E-state index in [1.165, 1.54) is 0 Å². The zero-order chi connectivity index (χ0) is 18.6. The molecule has 1 aliphatic heterocycles. The van der Waals surface area contributed by atoms with Crippen molar-refractivity contribution in [2.75, 3.05) is 26.7 Å². The fourth-order valence-corrected chi connectivity index (χ4v) is 3.37. The molecule has 2 rings (SSSR count). The molecule has 5 heteroatoms. The molecule has 1 amide bonds. The van der Waals surface area contributed by atoms with Crippen LogP contribution >= 0.6 is 0 Å². The summed E-state index contributed by atoms with van der Waals surface area (Å²) in [5, 5.41) is 18.4. The van der Waals surface area contributed by atoms with Crippen molar-refractivity contribution in [3.63, 3.8) is 0 Å². The highest BCUT2D eigenvalue weighted by molar-refractivity contribution is 5.81. The third-order valence-corrected chi connectivity index (χ3v) is 4.94. The zero-order valence-corrected chi connectivity index (χ0v) is 15.5. The Bertz CT molecular complexity index is 690. The first kappa shape index (κ1) is 19.0. The van der Waals surface area contributed by atoms with Crippen LogP contribution in [0.2, 0.25) is 0 Å². The summed E-state index contributed by atoms with van der Waals surface area (Å²) in [5.41, 5.74) is 1.55. The van der Waals surface area contributed by atoms with Crippen LogP contribution in [0, 0.1) is 34.0 Å². The zero-order valence-electron chi connectivity index (χ0n) is 15.5. The lowest BCUT2D eigenvalue weighted by Gasteiger charge is -2.46. The quantitative estimate of drug-likeness (QED) is 0.848. The normalized spacial score (nSPS) is 19.8. The summed E-state index contributed by atoms with van der Waals surface area (Å²) >= 11 is 0. The van der Waals surface area contributed by atoms with Gasteiger partial charge in [-0.25, -0.2) is 0 Å². The standard InChI is InChI=1S/C20H26N4O/c1-20(2,3)18-14-24(10-9-23(18)4)19(25)17(13-22)11-15-5-7-16(12-21)8-6-15/h5-8,17-18H,9-11,14H2,1-4H3. The highest BCUT2D eigenvalue weighted by atomic mass is 16.2. The molecule has 2 unspecified atom stereocenters. The molecule has 132 valence electrons. The SMILES string of the molecule is CN1CCN(C(=O)C(C#N)Cc2ccc(C#N)cc2)CC1C(C)(C)C. The second kappa shape index (κ2) is 7.68. The fourth-order valence-electron chi connectivity index (χ4n) is 3.37. The molecule has 0 N–H and O–H groups in total. The van der Waals surface area contributed by atoms with Crippen LogP contribution in [0.3, 0.4) is 0 Å². The molecule has 0 aromatic heterocycles. The van der Waals surface area contributed by atoms with Gasteiger partial charge in [-0.2, -0.15) is 10.5 Å². The number of hydrogen-bond donors (Lipinski definition) is 0. The molecule has 0 radical (unpaired) electrons. The third kappa shape index (κ3) is 4.59. The van der Waals surface area contributed by atoms with Crippen LogP contribution in [0.4, 0.5) is 0 Å². The lowest BCUT2D eigenvalue weighted by Crippen LogP contribution is -2.58. The molecule has 5 nitrogen and oxygen atoms in total. The van der Waals surface area contributed by atoms with E-state index >= 15 is 0 Å². The number of likely N-dealkylation sites (N-methyl/N-ethyl adjacent to an activating group) is 1. The van der Waals surface area contributed by atoms with Gasteiger partial charge in [0.15, 0.2) is 0 Å². The monoisotopic (exact) mass is 338 g/mol. The maximum absolute atomic E-state index is 12.9. The lowest BCUT2D eigenvalue weighted by molar-refractivity contribution is -0.137. The average Bonchev–Trinajstić information content (AvgIpc) is 2.59. The van der Waals surface area contributed by atoms with Crippen molar-refractivity contribution in [2.24, 2.45) is 11.3 Å². The van der Waals surface area contributed by atoms with Crippen LogP contribution in [0.5, 0.6) is 0 Å². The molecule has 1 fully saturated rings. The summed E-state index contributed by atoms with van der Waals surface area (Å²) in [6.07, 6.45) is 0.383. The molecule has 1 heterocycles. The van der Waals surface area contributed by atoms with E-state index in [2.05, 4.69) is 44.9 Å². The van der Waals surface area contributed by atoms with Gasteiger partial charge >= 0.3 is 0 Å². The highest BCUT2D eigenvalue weighted by Gasteiger charge is 2.36. The molecule has 1 aromatic carbocycles. The van der Waals surface area contributed by atoms with E-state index in [1.54, 1.807) is 12.1 Å². The van der Waals surface area contributed by atoms with Gasteiger partial charge < -0.3 is 4.90 Å². The highest BCUT2D eigenvalue weighted by Crippen LogP contribution is 2.27. The minimum absolute atomic E-state index is 0.0724. The summed E-state index contributed by atoms with van der Waals surface area (Å²) < 4.78 is 0. The molecule has 0 aliphatic carbocycles. The van der Waals surface area contributed by atoms with Crippen LogP contribution in [-0.2, 0) is 11.2 Å². The van der Waals surface area contributed by atoms with Gasteiger partial charge in [0.2, 0.25) is 5.91 Å². The van der Waals surface area contributed by atoms with Crippen molar-refractivity contribution in [3.05, 3.63) is 35.4 Å². The summed E-state index contributed by atoms with van der Waals surface area (Å²) in [4.78, 5) is 17.0. The third-order valence-electron chi connectivity index (χ3n) is 4.94. The Balaban J connectivity index is 2.08. The van der Waals surface area contributed by atoms with Crippen LogP contribution in [0.15, 0.2) is 24.3 Å². The minimum Gasteiger partial charge on any atom is -0.339 e. The van der Waals surface area contributed by atoms with E-state index in [9.17, 15) is 10.1 Å².